The number of rotatable bonds is 6. The maximum atomic E-state index is 12.7. The molecular formula is C23H21N7O5S. The molecule has 1 heterocycles. The van der Waals surface area contributed by atoms with Gasteiger partial charge in [-0.1, -0.05) is 6.07 Å². The van der Waals surface area contributed by atoms with Crippen LogP contribution in [0.4, 0.5) is 23.1 Å². The van der Waals surface area contributed by atoms with Gasteiger partial charge in [0.1, 0.15) is 23.7 Å². The van der Waals surface area contributed by atoms with Crippen LogP contribution in [-0.2, 0) is 21.4 Å². The van der Waals surface area contributed by atoms with Crippen LogP contribution in [0.2, 0.25) is 0 Å². The number of hydrogen-bond acceptors (Lipinski definition) is 11. The summed E-state index contributed by atoms with van der Waals surface area (Å²) >= 11 is 0. The highest BCUT2D eigenvalue weighted by Crippen LogP contribution is 2.28. The predicted molar refractivity (Wildman–Crippen MR) is 132 cm³/mol. The monoisotopic (exact) mass is 507 g/mol. The Balaban J connectivity index is 1.51. The zero-order valence-corrected chi connectivity index (χ0v) is 19.7. The summed E-state index contributed by atoms with van der Waals surface area (Å²) in [6, 6.07) is 13.0. The zero-order chi connectivity index (χ0) is 26.0. The first-order valence-corrected chi connectivity index (χ1v) is 11.9. The molecule has 0 atom stereocenters. The number of sulfonamides is 1. The lowest BCUT2D eigenvalue weighted by atomic mass is 10.0. The number of hydrogen-bond donors (Lipinski definition) is 4. The van der Waals surface area contributed by atoms with Gasteiger partial charge in [0, 0.05) is 5.39 Å². The van der Waals surface area contributed by atoms with Crippen LogP contribution in [0.25, 0.3) is 10.9 Å². The van der Waals surface area contributed by atoms with Gasteiger partial charge in [-0.15, -0.1) is 0 Å². The first-order chi connectivity index (χ1) is 17.0. The van der Waals surface area contributed by atoms with Crippen LogP contribution >= 0.6 is 0 Å². The molecule has 0 spiro atoms. The molecule has 0 aliphatic rings. The molecule has 0 saturated carbocycles. The number of aromatic nitrogens is 2. The molecule has 4 aromatic rings. The van der Waals surface area contributed by atoms with Crippen molar-refractivity contribution in [3.63, 3.8) is 0 Å². The molecule has 0 aliphatic carbocycles. The van der Waals surface area contributed by atoms with E-state index in [4.69, 9.17) is 21.3 Å². The number of aryl methyl sites for hydroxylation is 1. The summed E-state index contributed by atoms with van der Waals surface area (Å²) in [4.78, 5) is 20.8. The fraction of sp³-hybridized carbons (Fsp3) is 0.0870. The fourth-order valence-electron chi connectivity index (χ4n) is 3.43. The second-order valence-corrected chi connectivity index (χ2v) is 9.29. The standard InChI is InChI=1S/C23H21N7O5S/c1-12-13(2-8-18-20(12)21(24)28-23(25)27-18)11-35-22(32)17-10-15(5-9-19(17)31)30-29-14-3-6-16(7-4-14)36(26,33)34/h2-10,31H,11H2,1H3,(H2,26,33,34)(H4,24,25,27,28). The highest BCUT2D eigenvalue weighted by Gasteiger charge is 2.16. The number of nitrogen functional groups attached to an aromatic ring is 2. The van der Waals surface area contributed by atoms with Crippen molar-refractivity contribution in [2.75, 3.05) is 11.5 Å². The van der Waals surface area contributed by atoms with Gasteiger partial charge in [-0.25, -0.2) is 23.3 Å². The number of nitrogens with two attached hydrogens (primary N) is 3. The molecule has 12 nitrogen and oxygen atoms in total. The van der Waals surface area contributed by atoms with E-state index in [9.17, 15) is 18.3 Å². The summed E-state index contributed by atoms with van der Waals surface area (Å²) in [5.41, 5.74) is 14.1. The Kier molecular flexibility index (Phi) is 6.51. The largest absolute Gasteiger partial charge is 0.507 e. The molecule has 0 unspecified atom stereocenters. The topological polar surface area (TPSA) is 209 Å². The number of azo groups is 1. The van der Waals surface area contributed by atoms with E-state index in [0.717, 1.165) is 5.56 Å². The smallest absolute Gasteiger partial charge is 0.342 e. The number of fused-ring (bicyclic) bond motifs is 1. The SMILES string of the molecule is Cc1c(COC(=O)c2cc(N=Nc3ccc(S(N)(=O)=O)cc3)ccc2O)ccc2nc(N)nc(N)c12. The molecule has 184 valence electrons. The number of carbonyl (C=O) groups excluding carboxylic acids is 1. The molecule has 13 heteroatoms. The molecule has 0 amide bonds. The molecule has 1 aromatic heterocycles. The van der Waals surface area contributed by atoms with Gasteiger partial charge in [0.05, 0.1) is 21.8 Å². The lowest BCUT2D eigenvalue weighted by Crippen LogP contribution is -2.11. The Labute approximate surface area is 205 Å². The molecule has 0 bridgehead atoms. The predicted octanol–water partition coefficient (Wildman–Crippen LogP) is 3.23. The van der Waals surface area contributed by atoms with Gasteiger partial charge in [-0.3, -0.25) is 0 Å². The first kappa shape index (κ1) is 24.5. The lowest BCUT2D eigenvalue weighted by Gasteiger charge is -2.12. The van der Waals surface area contributed by atoms with Gasteiger partial charge < -0.3 is 21.3 Å². The zero-order valence-electron chi connectivity index (χ0n) is 18.9. The average Bonchev–Trinajstić information content (AvgIpc) is 2.82. The van der Waals surface area contributed by atoms with E-state index in [1.54, 1.807) is 19.1 Å². The number of phenolic OH excluding ortho intramolecular Hbond substituents is 1. The summed E-state index contributed by atoms with van der Waals surface area (Å²) in [5.74, 6) is -0.785. The Hall–Kier alpha value is -4.62. The van der Waals surface area contributed by atoms with E-state index >= 15 is 0 Å². The first-order valence-electron chi connectivity index (χ1n) is 10.4. The summed E-state index contributed by atoms with van der Waals surface area (Å²) in [6.07, 6.45) is 0. The quantitative estimate of drug-likeness (QED) is 0.222. The van der Waals surface area contributed by atoms with Crippen molar-refractivity contribution in [3.05, 3.63) is 71.3 Å². The van der Waals surface area contributed by atoms with Crippen LogP contribution in [0.15, 0.2) is 69.7 Å². The Morgan fingerprint density at radius 3 is 2.36 bits per heavy atom. The summed E-state index contributed by atoms with van der Waals surface area (Å²) < 4.78 is 28.1. The third kappa shape index (κ3) is 5.21. The molecule has 3 aromatic carbocycles. The van der Waals surface area contributed by atoms with Crippen LogP contribution < -0.4 is 16.6 Å². The van der Waals surface area contributed by atoms with Gasteiger partial charge in [0.2, 0.25) is 16.0 Å². The van der Waals surface area contributed by atoms with Gasteiger partial charge >= 0.3 is 5.97 Å². The summed E-state index contributed by atoms with van der Waals surface area (Å²) in [5, 5.41) is 23.9. The van der Waals surface area contributed by atoms with Crippen molar-refractivity contribution in [1.29, 1.82) is 0 Å². The lowest BCUT2D eigenvalue weighted by molar-refractivity contribution is 0.0469. The van der Waals surface area contributed by atoms with Crippen molar-refractivity contribution in [3.8, 4) is 5.75 Å². The van der Waals surface area contributed by atoms with E-state index in [0.29, 0.717) is 22.2 Å². The molecule has 4 rings (SSSR count). The number of esters is 1. The third-order valence-corrected chi connectivity index (χ3v) is 6.22. The van der Waals surface area contributed by atoms with Crippen LogP contribution in [0.5, 0.6) is 5.75 Å². The Bertz CT molecular complexity index is 1620. The molecule has 0 saturated heterocycles. The van der Waals surface area contributed by atoms with Crippen LogP contribution in [-0.4, -0.2) is 29.5 Å². The number of carbonyl (C=O) groups is 1. The molecular weight excluding hydrogens is 486 g/mol. The maximum Gasteiger partial charge on any atom is 0.342 e. The van der Waals surface area contributed by atoms with E-state index in [2.05, 4.69) is 20.2 Å². The van der Waals surface area contributed by atoms with Crippen molar-refractivity contribution >= 4 is 50.0 Å². The summed E-state index contributed by atoms with van der Waals surface area (Å²) in [6.45, 7) is 1.71. The highest BCUT2D eigenvalue weighted by atomic mass is 32.2. The molecule has 0 fully saturated rings. The highest BCUT2D eigenvalue weighted by molar-refractivity contribution is 7.89. The molecule has 0 radical (unpaired) electrons. The Morgan fingerprint density at radius 2 is 1.67 bits per heavy atom. The normalized spacial score (nSPS) is 11.7. The van der Waals surface area contributed by atoms with Crippen molar-refractivity contribution in [2.45, 2.75) is 18.4 Å². The Morgan fingerprint density at radius 1 is 1.00 bits per heavy atom. The third-order valence-electron chi connectivity index (χ3n) is 5.29. The van der Waals surface area contributed by atoms with E-state index in [1.165, 1.54) is 42.5 Å². The van der Waals surface area contributed by atoms with E-state index in [1.807, 2.05) is 0 Å². The van der Waals surface area contributed by atoms with E-state index in [-0.39, 0.29) is 40.3 Å². The van der Waals surface area contributed by atoms with Gasteiger partial charge in [0.25, 0.3) is 0 Å². The van der Waals surface area contributed by atoms with Crippen LogP contribution in [0.3, 0.4) is 0 Å². The average molecular weight is 508 g/mol. The second kappa shape index (κ2) is 9.56. The number of primary sulfonamides is 1. The number of phenols is 1. The van der Waals surface area contributed by atoms with Crippen molar-refractivity contribution < 1.29 is 23.1 Å². The maximum absolute atomic E-state index is 12.7. The number of nitrogens with zero attached hydrogens (tertiary/aromatic N) is 4. The number of aromatic hydroxyl groups is 1. The van der Waals surface area contributed by atoms with Crippen molar-refractivity contribution in [2.24, 2.45) is 15.4 Å². The minimum Gasteiger partial charge on any atom is -0.507 e. The van der Waals surface area contributed by atoms with Gasteiger partial charge in [-0.2, -0.15) is 15.2 Å². The van der Waals surface area contributed by atoms with Gasteiger partial charge in [0.15, 0.2) is 0 Å². The minimum absolute atomic E-state index is 0.0582. The molecule has 0 aliphatic heterocycles. The van der Waals surface area contributed by atoms with E-state index < -0.39 is 16.0 Å². The van der Waals surface area contributed by atoms with Crippen LogP contribution in [0, 0.1) is 6.92 Å². The van der Waals surface area contributed by atoms with Crippen molar-refractivity contribution in [1.82, 2.24) is 9.97 Å². The minimum atomic E-state index is -3.82. The van der Waals surface area contributed by atoms with Crippen LogP contribution in [0.1, 0.15) is 21.5 Å². The number of benzene rings is 3. The van der Waals surface area contributed by atoms with Gasteiger partial charge in [-0.05, 0) is 66.6 Å². The molecule has 36 heavy (non-hydrogen) atoms. The fourth-order valence-corrected chi connectivity index (χ4v) is 3.95. The second-order valence-electron chi connectivity index (χ2n) is 7.73. The molecule has 7 N–H and O–H groups in total. The number of anilines is 2. The number of ether oxygens (including phenoxy) is 1. The summed E-state index contributed by atoms with van der Waals surface area (Å²) in [7, 11) is -3.82.